The molecule has 1 amide bonds. The molecule has 4 rings (SSSR count). The standard InChI is InChI=1S/C22H23NO5/c24-21(9-7-15-6-8-19-20(12-15)28-11-3-10-27-19)23-14-17-5-2-1-4-16(17)13-18(23)22(25)26/h1-2,4-6,8,12,18H,3,7,9-11,13-14H2,(H,25,26). The average molecular weight is 381 g/mol. The Kier molecular flexibility index (Phi) is 5.19. The van der Waals surface area contributed by atoms with Crippen LogP contribution in [0.4, 0.5) is 0 Å². The van der Waals surface area contributed by atoms with Crippen LogP contribution in [0.3, 0.4) is 0 Å². The summed E-state index contributed by atoms with van der Waals surface area (Å²) in [4.78, 5) is 26.1. The van der Waals surface area contributed by atoms with Crippen LogP contribution < -0.4 is 9.47 Å². The third kappa shape index (κ3) is 3.81. The molecule has 0 bridgehead atoms. The van der Waals surface area contributed by atoms with Gasteiger partial charge in [-0.2, -0.15) is 0 Å². The van der Waals surface area contributed by atoms with E-state index in [1.165, 1.54) is 4.90 Å². The Hall–Kier alpha value is -3.02. The van der Waals surface area contributed by atoms with Crippen molar-refractivity contribution in [3.05, 3.63) is 59.2 Å². The van der Waals surface area contributed by atoms with Gasteiger partial charge in [0.15, 0.2) is 11.5 Å². The smallest absolute Gasteiger partial charge is 0.326 e. The number of carbonyl (C=O) groups excluding carboxylic acids is 1. The van der Waals surface area contributed by atoms with Gasteiger partial charge in [-0.3, -0.25) is 4.79 Å². The minimum Gasteiger partial charge on any atom is -0.490 e. The monoisotopic (exact) mass is 381 g/mol. The highest BCUT2D eigenvalue weighted by molar-refractivity contribution is 5.84. The molecular formula is C22H23NO5. The molecule has 2 aliphatic heterocycles. The summed E-state index contributed by atoms with van der Waals surface area (Å²) in [7, 11) is 0. The zero-order valence-electron chi connectivity index (χ0n) is 15.6. The second kappa shape index (κ2) is 7.92. The van der Waals surface area contributed by atoms with Gasteiger partial charge in [-0.1, -0.05) is 30.3 Å². The lowest BCUT2D eigenvalue weighted by Crippen LogP contribution is -2.48. The van der Waals surface area contributed by atoms with Gasteiger partial charge in [0.05, 0.1) is 13.2 Å². The van der Waals surface area contributed by atoms with Gasteiger partial charge in [0.25, 0.3) is 0 Å². The Bertz CT molecular complexity index is 894. The summed E-state index contributed by atoms with van der Waals surface area (Å²) in [6.07, 6.45) is 1.97. The minimum atomic E-state index is -0.960. The van der Waals surface area contributed by atoms with Crippen LogP contribution >= 0.6 is 0 Å². The van der Waals surface area contributed by atoms with Crippen molar-refractivity contribution in [1.29, 1.82) is 0 Å². The predicted molar refractivity (Wildman–Crippen MR) is 102 cm³/mol. The fourth-order valence-electron chi connectivity index (χ4n) is 3.76. The van der Waals surface area contributed by atoms with Crippen molar-refractivity contribution in [1.82, 2.24) is 4.90 Å². The van der Waals surface area contributed by atoms with Gasteiger partial charge >= 0.3 is 5.97 Å². The molecule has 2 aromatic carbocycles. The highest BCUT2D eigenvalue weighted by atomic mass is 16.5. The lowest BCUT2D eigenvalue weighted by atomic mass is 9.93. The summed E-state index contributed by atoms with van der Waals surface area (Å²) in [6, 6.07) is 12.6. The number of carboxylic acid groups (broad SMARTS) is 1. The number of hydrogen-bond donors (Lipinski definition) is 1. The normalized spacial score (nSPS) is 18.1. The van der Waals surface area contributed by atoms with Crippen LogP contribution in [-0.4, -0.2) is 41.1 Å². The molecule has 1 N–H and O–H groups in total. The Labute approximate surface area is 163 Å². The number of aliphatic carboxylic acids is 1. The Morgan fingerprint density at radius 3 is 2.57 bits per heavy atom. The first-order chi connectivity index (χ1) is 13.6. The maximum Gasteiger partial charge on any atom is 0.326 e. The first-order valence-electron chi connectivity index (χ1n) is 9.59. The molecule has 0 fully saturated rings. The molecule has 2 aliphatic rings. The fourth-order valence-corrected chi connectivity index (χ4v) is 3.76. The van der Waals surface area contributed by atoms with Crippen LogP contribution in [0.2, 0.25) is 0 Å². The summed E-state index contributed by atoms with van der Waals surface area (Å²) in [5.41, 5.74) is 2.99. The number of carboxylic acids is 1. The van der Waals surface area contributed by atoms with Crippen molar-refractivity contribution in [2.24, 2.45) is 0 Å². The Morgan fingerprint density at radius 2 is 1.79 bits per heavy atom. The first-order valence-corrected chi connectivity index (χ1v) is 9.59. The quantitative estimate of drug-likeness (QED) is 0.881. The minimum absolute atomic E-state index is 0.144. The zero-order valence-corrected chi connectivity index (χ0v) is 15.6. The molecule has 1 atom stereocenters. The maximum absolute atomic E-state index is 12.8. The topological polar surface area (TPSA) is 76.1 Å². The molecule has 0 radical (unpaired) electrons. The average Bonchev–Trinajstić information content (AvgIpc) is 2.96. The molecular weight excluding hydrogens is 358 g/mol. The van der Waals surface area contributed by atoms with Crippen molar-refractivity contribution >= 4 is 11.9 Å². The Morgan fingerprint density at radius 1 is 1.04 bits per heavy atom. The second-order valence-corrected chi connectivity index (χ2v) is 7.18. The molecule has 28 heavy (non-hydrogen) atoms. The van der Waals surface area contributed by atoms with Gasteiger partial charge in [0.1, 0.15) is 6.04 Å². The summed E-state index contributed by atoms with van der Waals surface area (Å²) in [5.74, 6) is 0.330. The molecule has 6 heteroatoms. The van der Waals surface area contributed by atoms with Gasteiger partial charge < -0.3 is 19.5 Å². The third-order valence-corrected chi connectivity index (χ3v) is 5.29. The van der Waals surface area contributed by atoms with Crippen molar-refractivity contribution in [2.75, 3.05) is 13.2 Å². The summed E-state index contributed by atoms with van der Waals surface area (Å²) >= 11 is 0. The van der Waals surface area contributed by atoms with E-state index < -0.39 is 12.0 Å². The molecule has 6 nitrogen and oxygen atoms in total. The molecule has 2 aromatic rings. The van der Waals surface area contributed by atoms with Crippen molar-refractivity contribution in [3.8, 4) is 11.5 Å². The van der Waals surface area contributed by atoms with E-state index in [0.29, 0.717) is 38.3 Å². The first kappa shape index (κ1) is 18.3. The predicted octanol–water partition coefficient (Wildman–Crippen LogP) is 2.82. The fraction of sp³-hybridized carbons (Fsp3) is 0.364. The van der Waals surface area contributed by atoms with Crippen LogP contribution in [0.1, 0.15) is 29.5 Å². The van der Waals surface area contributed by atoms with Crippen molar-refractivity contribution in [3.63, 3.8) is 0 Å². The van der Waals surface area contributed by atoms with E-state index in [0.717, 1.165) is 28.9 Å². The summed E-state index contributed by atoms with van der Waals surface area (Å²) in [6.45, 7) is 1.59. The number of aryl methyl sites for hydroxylation is 1. The molecule has 0 saturated carbocycles. The number of rotatable bonds is 4. The number of carbonyl (C=O) groups is 2. The molecule has 0 aromatic heterocycles. The maximum atomic E-state index is 12.8. The van der Waals surface area contributed by atoms with E-state index in [1.54, 1.807) is 0 Å². The van der Waals surface area contributed by atoms with E-state index in [1.807, 2.05) is 42.5 Å². The number of amides is 1. The van der Waals surface area contributed by atoms with E-state index in [4.69, 9.17) is 9.47 Å². The largest absolute Gasteiger partial charge is 0.490 e. The van der Waals surface area contributed by atoms with Crippen LogP contribution in [0, 0.1) is 0 Å². The van der Waals surface area contributed by atoms with E-state index in [-0.39, 0.29) is 12.3 Å². The summed E-state index contributed by atoms with van der Waals surface area (Å²) in [5, 5.41) is 9.60. The van der Waals surface area contributed by atoms with E-state index in [2.05, 4.69) is 0 Å². The van der Waals surface area contributed by atoms with Crippen LogP contribution in [0.25, 0.3) is 0 Å². The van der Waals surface area contributed by atoms with Gasteiger partial charge in [-0.25, -0.2) is 4.79 Å². The molecule has 0 saturated heterocycles. The van der Waals surface area contributed by atoms with Crippen molar-refractivity contribution in [2.45, 2.75) is 38.3 Å². The molecule has 146 valence electrons. The number of benzene rings is 2. The van der Waals surface area contributed by atoms with Gasteiger partial charge in [-0.15, -0.1) is 0 Å². The number of nitrogens with zero attached hydrogens (tertiary/aromatic N) is 1. The van der Waals surface area contributed by atoms with Gasteiger partial charge in [0.2, 0.25) is 5.91 Å². The van der Waals surface area contributed by atoms with E-state index >= 15 is 0 Å². The Balaban J connectivity index is 1.45. The molecule has 0 aliphatic carbocycles. The van der Waals surface area contributed by atoms with Gasteiger partial charge in [-0.05, 0) is 35.2 Å². The molecule has 1 unspecified atom stereocenters. The second-order valence-electron chi connectivity index (χ2n) is 7.18. The van der Waals surface area contributed by atoms with Crippen LogP contribution in [0.5, 0.6) is 11.5 Å². The van der Waals surface area contributed by atoms with Crippen LogP contribution in [0.15, 0.2) is 42.5 Å². The highest BCUT2D eigenvalue weighted by Crippen LogP contribution is 2.31. The van der Waals surface area contributed by atoms with E-state index in [9.17, 15) is 14.7 Å². The number of fused-ring (bicyclic) bond motifs is 2. The highest BCUT2D eigenvalue weighted by Gasteiger charge is 2.34. The zero-order chi connectivity index (χ0) is 19.5. The SMILES string of the molecule is O=C(O)C1Cc2ccccc2CN1C(=O)CCc1ccc2c(c1)OCCCO2. The lowest BCUT2D eigenvalue weighted by molar-refractivity contribution is -0.151. The third-order valence-electron chi connectivity index (χ3n) is 5.29. The molecule has 0 spiro atoms. The number of hydrogen-bond acceptors (Lipinski definition) is 4. The number of ether oxygens (including phenoxy) is 2. The van der Waals surface area contributed by atoms with Crippen LogP contribution in [-0.2, 0) is 29.0 Å². The van der Waals surface area contributed by atoms with Gasteiger partial charge in [0, 0.05) is 25.8 Å². The molecule has 2 heterocycles. The summed E-state index contributed by atoms with van der Waals surface area (Å²) < 4.78 is 11.3. The lowest BCUT2D eigenvalue weighted by Gasteiger charge is -2.34. The van der Waals surface area contributed by atoms with Crippen molar-refractivity contribution < 1.29 is 24.2 Å².